The Hall–Kier alpha value is -2.12. The molecule has 0 spiro atoms. The van der Waals surface area contributed by atoms with Crippen LogP contribution < -0.4 is 5.32 Å². The molecule has 0 aliphatic carbocycles. The molecule has 0 saturated carbocycles. The summed E-state index contributed by atoms with van der Waals surface area (Å²) in [4.78, 5) is 50.6. The van der Waals surface area contributed by atoms with Gasteiger partial charge in [-0.3, -0.25) is 14.4 Å². The molecule has 12 nitrogen and oxygen atoms in total. The number of aliphatic hydroxyl groups excluding tert-OH is 5. The van der Waals surface area contributed by atoms with Crippen LogP contribution >= 0.6 is 0 Å². The number of hydrogen-bond acceptors (Lipinski definition) is 10. The first-order valence-electron chi connectivity index (χ1n) is 8.86. The van der Waals surface area contributed by atoms with Crippen LogP contribution in [0.25, 0.3) is 0 Å². The maximum atomic E-state index is 11.7. The van der Waals surface area contributed by atoms with Crippen LogP contribution in [0.2, 0.25) is 0 Å². The lowest BCUT2D eigenvalue weighted by Crippen LogP contribution is -2.51. The fraction of sp³-hybridized carbons (Fsp3) is 0.750. The summed E-state index contributed by atoms with van der Waals surface area (Å²) in [5.74, 6) is -2.80. The Labute approximate surface area is 160 Å². The smallest absolute Gasteiger partial charge is 0.333 e. The summed E-state index contributed by atoms with van der Waals surface area (Å²) in [7, 11) is 0. The average Bonchev–Trinajstić information content (AvgIpc) is 2.99. The first kappa shape index (κ1) is 23.9. The standard InChI is InChI=1S/C16H26N2O10/c19-8-9(20)13(24)14(25)15(26)16(27)17-7-3-1-2-4-12(23)28-18-10(21)5-6-11(18)22/h9,13-15,19-20,24-26H,1-8H2,(H,17,27)/t9-,13-,14+,15-/m1/s1. The molecule has 1 aliphatic rings. The molecule has 12 heteroatoms. The second-order valence-corrected chi connectivity index (χ2v) is 6.32. The molecule has 1 saturated heterocycles. The predicted molar refractivity (Wildman–Crippen MR) is 89.8 cm³/mol. The van der Waals surface area contributed by atoms with Crippen LogP contribution in [0, 0.1) is 0 Å². The molecule has 0 bridgehead atoms. The lowest BCUT2D eigenvalue weighted by Gasteiger charge is -2.24. The highest BCUT2D eigenvalue weighted by Crippen LogP contribution is 2.13. The molecule has 28 heavy (non-hydrogen) atoms. The molecule has 0 aromatic heterocycles. The van der Waals surface area contributed by atoms with E-state index in [4.69, 9.17) is 9.94 Å². The van der Waals surface area contributed by atoms with Gasteiger partial charge in [-0.05, 0) is 12.8 Å². The predicted octanol–water partition coefficient (Wildman–Crippen LogP) is -3.29. The zero-order valence-corrected chi connectivity index (χ0v) is 15.2. The van der Waals surface area contributed by atoms with E-state index in [-0.39, 0.29) is 25.8 Å². The van der Waals surface area contributed by atoms with Gasteiger partial charge in [-0.1, -0.05) is 6.42 Å². The Kier molecular flexibility index (Phi) is 9.96. The van der Waals surface area contributed by atoms with Gasteiger partial charge >= 0.3 is 5.97 Å². The lowest BCUT2D eigenvalue weighted by atomic mass is 10.0. The molecule has 0 unspecified atom stereocenters. The van der Waals surface area contributed by atoms with Crippen LogP contribution in [0.15, 0.2) is 0 Å². The third kappa shape index (κ3) is 7.13. The van der Waals surface area contributed by atoms with Crippen molar-refractivity contribution in [3.05, 3.63) is 0 Å². The van der Waals surface area contributed by atoms with Crippen LogP contribution in [0.3, 0.4) is 0 Å². The molecule has 1 fully saturated rings. The minimum atomic E-state index is -2.00. The van der Waals surface area contributed by atoms with Gasteiger partial charge in [0.15, 0.2) is 6.10 Å². The number of amides is 3. The number of nitrogens with zero attached hydrogens (tertiary/aromatic N) is 1. The first-order chi connectivity index (χ1) is 13.2. The van der Waals surface area contributed by atoms with E-state index in [0.717, 1.165) is 0 Å². The number of aliphatic hydroxyl groups is 5. The van der Waals surface area contributed by atoms with Gasteiger partial charge < -0.3 is 35.7 Å². The van der Waals surface area contributed by atoms with Crippen molar-refractivity contribution in [3.8, 4) is 0 Å². The second-order valence-electron chi connectivity index (χ2n) is 6.32. The number of nitrogens with one attached hydrogen (secondary N) is 1. The zero-order valence-electron chi connectivity index (χ0n) is 15.2. The number of hydroxylamine groups is 2. The van der Waals surface area contributed by atoms with Gasteiger partial charge in [0.1, 0.15) is 18.3 Å². The monoisotopic (exact) mass is 406 g/mol. The van der Waals surface area contributed by atoms with Crippen molar-refractivity contribution in [1.82, 2.24) is 10.4 Å². The fourth-order valence-corrected chi connectivity index (χ4v) is 2.37. The van der Waals surface area contributed by atoms with E-state index in [1.54, 1.807) is 0 Å². The molecule has 160 valence electrons. The summed E-state index contributed by atoms with van der Waals surface area (Å²) in [5.41, 5.74) is 0. The summed E-state index contributed by atoms with van der Waals surface area (Å²) in [5, 5.41) is 49.3. The molecule has 1 rings (SSSR count). The lowest BCUT2D eigenvalue weighted by molar-refractivity contribution is -0.197. The molecule has 0 radical (unpaired) electrons. The Balaban J connectivity index is 2.17. The molecule has 0 aromatic rings. The van der Waals surface area contributed by atoms with Gasteiger partial charge in [0.2, 0.25) is 0 Å². The number of unbranched alkanes of at least 4 members (excludes halogenated alkanes) is 2. The SMILES string of the molecule is O=C(CCCCCNC(=O)[C@H](O)[C@@H](O)[C@H](O)[C@H](O)CO)ON1C(=O)CCC1=O. The van der Waals surface area contributed by atoms with Gasteiger partial charge in [-0.2, -0.15) is 0 Å². The molecule has 4 atom stereocenters. The summed E-state index contributed by atoms with van der Waals surface area (Å²) in [6.45, 7) is -0.742. The topological polar surface area (TPSA) is 194 Å². The van der Waals surface area contributed by atoms with Crippen LogP contribution in [0.4, 0.5) is 0 Å². The fourth-order valence-electron chi connectivity index (χ4n) is 2.37. The van der Waals surface area contributed by atoms with Gasteiger partial charge in [0, 0.05) is 25.8 Å². The van der Waals surface area contributed by atoms with Crippen LogP contribution in [-0.4, -0.2) is 91.9 Å². The van der Waals surface area contributed by atoms with E-state index in [9.17, 15) is 39.6 Å². The first-order valence-corrected chi connectivity index (χ1v) is 8.86. The van der Waals surface area contributed by atoms with Crippen molar-refractivity contribution in [2.75, 3.05) is 13.2 Å². The number of carbonyl (C=O) groups excluding carboxylic acids is 4. The molecule has 1 aliphatic heterocycles. The Morgan fingerprint density at radius 3 is 2.18 bits per heavy atom. The highest BCUT2D eigenvalue weighted by Gasteiger charge is 2.34. The van der Waals surface area contributed by atoms with Crippen molar-refractivity contribution in [3.63, 3.8) is 0 Å². The summed E-state index contributed by atoms with van der Waals surface area (Å²) in [6, 6.07) is 0. The normalized spacial score (nSPS) is 18.5. The number of hydrogen-bond donors (Lipinski definition) is 6. The van der Waals surface area contributed by atoms with Gasteiger partial charge in [0.25, 0.3) is 17.7 Å². The molecule has 6 N–H and O–H groups in total. The van der Waals surface area contributed by atoms with Crippen molar-refractivity contribution in [2.45, 2.75) is 62.9 Å². The van der Waals surface area contributed by atoms with Crippen molar-refractivity contribution >= 4 is 23.7 Å². The van der Waals surface area contributed by atoms with Gasteiger partial charge in [0.05, 0.1) is 6.61 Å². The number of carbonyl (C=O) groups is 4. The van der Waals surface area contributed by atoms with E-state index in [2.05, 4.69) is 5.32 Å². The minimum absolute atomic E-state index is 0.0162. The summed E-state index contributed by atoms with van der Waals surface area (Å²) < 4.78 is 0. The van der Waals surface area contributed by atoms with E-state index < -0.39 is 54.7 Å². The Morgan fingerprint density at radius 2 is 1.61 bits per heavy atom. The van der Waals surface area contributed by atoms with Crippen molar-refractivity contribution in [2.24, 2.45) is 0 Å². The minimum Gasteiger partial charge on any atom is -0.394 e. The van der Waals surface area contributed by atoms with Crippen molar-refractivity contribution in [1.29, 1.82) is 0 Å². The Morgan fingerprint density at radius 1 is 1.00 bits per heavy atom. The molecular weight excluding hydrogens is 380 g/mol. The van der Waals surface area contributed by atoms with E-state index in [0.29, 0.717) is 24.3 Å². The second kappa shape index (κ2) is 11.7. The summed E-state index contributed by atoms with van der Waals surface area (Å²) >= 11 is 0. The number of imide groups is 1. The maximum absolute atomic E-state index is 11.7. The van der Waals surface area contributed by atoms with E-state index in [1.807, 2.05) is 0 Å². The van der Waals surface area contributed by atoms with Gasteiger partial charge in [-0.15, -0.1) is 5.06 Å². The highest BCUT2D eigenvalue weighted by atomic mass is 16.7. The summed E-state index contributed by atoms with van der Waals surface area (Å²) in [6.07, 6.45) is -6.29. The van der Waals surface area contributed by atoms with Crippen LogP contribution in [-0.2, 0) is 24.0 Å². The number of rotatable bonds is 12. The molecular formula is C16H26N2O10. The zero-order chi connectivity index (χ0) is 21.3. The maximum Gasteiger partial charge on any atom is 0.333 e. The van der Waals surface area contributed by atoms with Crippen LogP contribution in [0.5, 0.6) is 0 Å². The Bertz CT molecular complexity index is 554. The largest absolute Gasteiger partial charge is 0.394 e. The quantitative estimate of drug-likeness (QED) is 0.141. The van der Waals surface area contributed by atoms with Crippen LogP contribution in [0.1, 0.15) is 38.5 Å². The van der Waals surface area contributed by atoms with E-state index in [1.165, 1.54) is 0 Å². The average molecular weight is 406 g/mol. The highest BCUT2D eigenvalue weighted by molar-refractivity contribution is 6.01. The van der Waals surface area contributed by atoms with E-state index >= 15 is 0 Å². The third-order valence-corrected chi connectivity index (χ3v) is 4.08. The van der Waals surface area contributed by atoms with Crippen molar-refractivity contribution < 1.29 is 49.5 Å². The van der Waals surface area contributed by atoms with Gasteiger partial charge in [-0.25, -0.2) is 4.79 Å². The third-order valence-electron chi connectivity index (χ3n) is 4.08. The molecule has 0 aromatic carbocycles. The molecule has 1 heterocycles. The molecule has 3 amide bonds.